The third kappa shape index (κ3) is 3.04. The molecule has 0 amide bonds. The molecule has 2 aromatic rings. The maximum Gasteiger partial charge on any atom is 0.0482 e. The molecule has 0 aliphatic rings. The highest BCUT2D eigenvalue weighted by atomic mass is 32.2. The number of thioether (sulfide) groups is 1. The molecule has 2 rings (SSSR count). The van der Waals surface area contributed by atoms with Crippen molar-refractivity contribution in [1.82, 2.24) is 0 Å². The van der Waals surface area contributed by atoms with Crippen molar-refractivity contribution in [2.45, 2.75) is 24.5 Å². The monoisotopic (exact) mass is 243 g/mol. The molecular formula is C15H17NS. The molecule has 17 heavy (non-hydrogen) atoms. The summed E-state index contributed by atoms with van der Waals surface area (Å²) in [5.74, 6) is 0.966. The summed E-state index contributed by atoms with van der Waals surface area (Å²) in [6.07, 6.45) is 0. The normalized spacial score (nSPS) is 10.5. The van der Waals surface area contributed by atoms with Crippen LogP contribution in [0, 0.1) is 13.8 Å². The van der Waals surface area contributed by atoms with Crippen LogP contribution >= 0.6 is 11.8 Å². The molecule has 2 aromatic carbocycles. The van der Waals surface area contributed by atoms with Gasteiger partial charge in [0, 0.05) is 16.3 Å². The van der Waals surface area contributed by atoms with Crippen LogP contribution in [0.4, 0.5) is 5.69 Å². The highest BCUT2D eigenvalue weighted by Crippen LogP contribution is 2.31. The summed E-state index contributed by atoms with van der Waals surface area (Å²) in [4.78, 5) is 1.19. The fourth-order valence-corrected chi connectivity index (χ4v) is 2.89. The first-order valence-electron chi connectivity index (χ1n) is 5.70. The van der Waals surface area contributed by atoms with Crippen molar-refractivity contribution >= 4 is 17.4 Å². The number of nitrogen functional groups attached to an aromatic ring is 1. The second-order valence-corrected chi connectivity index (χ2v) is 5.29. The Balaban J connectivity index is 2.14. The Morgan fingerprint density at radius 2 is 1.76 bits per heavy atom. The molecule has 0 aliphatic heterocycles. The van der Waals surface area contributed by atoms with Crippen molar-refractivity contribution in [3.05, 3.63) is 59.2 Å². The van der Waals surface area contributed by atoms with Crippen molar-refractivity contribution in [3.63, 3.8) is 0 Å². The van der Waals surface area contributed by atoms with Crippen molar-refractivity contribution in [3.8, 4) is 0 Å². The quantitative estimate of drug-likeness (QED) is 0.646. The predicted octanol–water partition coefficient (Wildman–Crippen LogP) is 4.18. The van der Waals surface area contributed by atoms with Gasteiger partial charge in [0.2, 0.25) is 0 Å². The topological polar surface area (TPSA) is 26.0 Å². The molecule has 0 atom stereocenters. The molecule has 0 spiro atoms. The van der Waals surface area contributed by atoms with E-state index in [-0.39, 0.29) is 0 Å². The molecule has 2 N–H and O–H groups in total. The van der Waals surface area contributed by atoms with E-state index >= 15 is 0 Å². The van der Waals surface area contributed by atoms with Crippen LogP contribution < -0.4 is 5.73 Å². The number of aryl methyl sites for hydroxylation is 2. The average molecular weight is 243 g/mol. The van der Waals surface area contributed by atoms with E-state index in [1.54, 1.807) is 11.8 Å². The van der Waals surface area contributed by atoms with E-state index in [0.717, 1.165) is 11.4 Å². The van der Waals surface area contributed by atoms with Gasteiger partial charge in [-0.15, -0.1) is 11.8 Å². The molecule has 0 aliphatic carbocycles. The molecule has 0 saturated heterocycles. The van der Waals surface area contributed by atoms with Gasteiger partial charge in [-0.3, -0.25) is 0 Å². The lowest BCUT2D eigenvalue weighted by Gasteiger charge is -2.09. The van der Waals surface area contributed by atoms with E-state index < -0.39 is 0 Å². The Morgan fingerprint density at radius 3 is 2.47 bits per heavy atom. The van der Waals surface area contributed by atoms with E-state index in [1.165, 1.54) is 21.6 Å². The Bertz CT molecular complexity index is 506. The molecule has 0 fully saturated rings. The molecule has 88 valence electrons. The summed E-state index contributed by atoms with van der Waals surface area (Å²) in [6.45, 7) is 4.17. The first-order valence-corrected chi connectivity index (χ1v) is 6.69. The smallest absolute Gasteiger partial charge is 0.0482 e. The van der Waals surface area contributed by atoms with Crippen LogP contribution in [-0.2, 0) is 5.75 Å². The summed E-state index contributed by atoms with van der Waals surface area (Å²) in [5.41, 5.74) is 10.8. The molecule has 0 saturated carbocycles. The molecule has 0 heterocycles. The van der Waals surface area contributed by atoms with Crippen LogP contribution in [0.2, 0.25) is 0 Å². The lowest BCUT2D eigenvalue weighted by atomic mass is 10.1. The summed E-state index contributed by atoms with van der Waals surface area (Å²) < 4.78 is 0. The van der Waals surface area contributed by atoms with E-state index in [1.807, 2.05) is 6.07 Å². The molecule has 0 aromatic heterocycles. The van der Waals surface area contributed by atoms with E-state index in [9.17, 15) is 0 Å². The minimum Gasteiger partial charge on any atom is -0.398 e. The summed E-state index contributed by atoms with van der Waals surface area (Å²) >= 11 is 1.80. The summed E-state index contributed by atoms with van der Waals surface area (Å²) in [5, 5.41) is 0. The molecule has 0 unspecified atom stereocenters. The van der Waals surface area contributed by atoms with Crippen LogP contribution in [-0.4, -0.2) is 0 Å². The van der Waals surface area contributed by atoms with Crippen molar-refractivity contribution in [2.24, 2.45) is 0 Å². The molecule has 0 radical (unpaired) electrons. The molecule has 0 bridgehead atoms. The number of anilines is 1. The molecule has 1 nitrogen and oxygen atoms in total. The van der Waals surface area contributed by atoms with E-state index in [4.69, 9.17) is 5.73 Å². The highest BCUT2D eigenvalue weighted by Gasteiger charge is 2.04. The molecule has 2 heteroatoms. The zero-order chi connectivity index (χ0) is 12.3. The fourth-order valence-electron chi connectivity index (χ4n) is 1.79. The van der Waals surface area contributed by atoms with Gasteiger partial charge in [0.15, 0.2) is 0 Å². The van der Waals surface area contributed by atoms with Crippen molar-refractivity contribution < 1.29 is 0 Å². The Morgan fingerprint density at radius 1 is 1.06 bits per heavy atom. The maximum absolute atomic E-state index is 6.09. The zero-order valence-electron chi connectivity index (χ0n) is 10.2. The summed E-state index contributed by atoms with van der Waals surface area (Å²) in [6, 6.07) is 14.8. The zero-order valence-corrected chi connectivity index (χ0v) is 11.1. The van der Waals surface area contributed by atoms with Gasteiger partial charge in [0.1, 0.15) is 0 Å². The Hall–Kier alpha value is -1.41. The largest absolute Gasteiger partial charge is 0.398 e. The van der Waals surface area contributed by atoms with Gasteiger partial charge in [0.05, 0.1) is 0 Å². The van der Waals surface area contributed by atoms with Crippen molar-refractivity contribution in [2.75, 3.05) is 5.73 Å². The van der Waals surface area contributed by atoms with Crippen LogP contribution in [0.1, 0.15) is 16.7 Å². The number of rotatable bonds is 3. The van der Waals surface area contributed by atoms with Gasteiger partial charge in [0.25, 0.3) is 0 Å². The maximum atomic E-state index is 6.09. The SMILES string of the molecule is Cc1cc(C)c(N)c(SCc2ccccc2)c1. The number of hydrogen-bond donors (Lipinski definition) is 1. The van der Waals surface area contributed by atoms with Crippen LogP contribution in [0.3, 0.4) is 0 Å². The van der Waals surface area contributed by atoms with Crippen molar-refractivity contribution in [1.29, 1.82) is 0 Å². The van der Waals surface area contributed by atoms with Gasteiger partial charge >= 0.3 is 0 Å². The van der Waals surface area contributed by atoms with Gasteiger partial charge < -0.3 is 5.73 Å². The van der Waals surface area contributed by atoms with E-state index in [2.05, 4.69) is 50.2 Å². The molecular weight excluding hydrogens is 226 g/mol. The first kappa shape index (κ1) is 12.1. The summed E-state index contributed by atoms with van der Waals surface area (Å²) in [7, 11) is 0. The van der Waals surface area contributed by atoms with E-state index in [0.29, 0.717) is 0 Å². The Labute approximate surface area is 107 Å². The Kier molecular flexibility index (Phi) is 3.75. The number of nitrogens with two attached hydrogens (primary N) is 1. The van der Waals surface area contributed by atoms with Gasteiger partial charge in [-0.1, -0.05) is 36.4 Å². The highest BCUT2D eigenvalue weighted by molar-refractivity contribution is 7.98. The third-order valence-corrected chi connectivity index (χ3v) is 3.86. The standard InChI is InChI=1S/C15H17NS/c1-11-8-12(2)15(16)14(9-11)17-10-13-6-4-3-5-7-13/h3-9H,10,16H2,1-2H3. The third-order valence-electron chi connectivity index (χ3n) is 2.73. The number of benzene rings is 2. The number of hydrogen-bond acceptors (Lipinski definition) is 2. The fraction of sp³-hybridized carbons (Fsp3) is 0.200. The lowest BCUT2D eigenvalue weighted by molar-refractivity contribution is 1.29. The van der Waals surface area contributed by atoms with Gasteiger partial charge in [-0.25, -0.2) is 0 Å². The predicted molar refractivity (Wildman–Crippen MR) is 76.3 cm³/mol. The second kappa shape index (κ2) is 5.28. The minimum atomic E-state index is 0.913. The van der Waals surface area contributed by atoms with Gasteiger partial charge in [-0.05, 0) is 36.6 Å². The van der Waals surface area contributed by atoms with Crippen LogP contribution in [0.25, 0.3) is 0 Å². The van der Waals surface area contributed by atoms with Crippen LogP contribution in [0.15, 0.2) is 47.4 Å². The minimum absolute atomic E-state index is 0.913. The average Bonchev–Trinajstić information content (AvgIpc) is 2.33. The first-order chi connectivity index (χ1) is 8.16. The van der Waals surface area contributed by atoms with Gasteiger partial charge in [-0.2, -0.15) is 0 Å². The second-order valence-electron chi connectivity index (χ2n) is 4.27. The van der Waals surface area contributed by atoms with Crippen LogP contribution in [0.5, 0.6) is 0 Å². The lowest BCUT2D eigenvalue weighted by Crippen LogP contribution is -1.94.